The highest BCUT2D eigenvalue weighted by atomic mass is 16.6. The summed E-state index contributed by atoms with van der Waals surface area (Å²) in [6, 6.07) is 4.54. The van der Waals surface area contributed by atoms with Crippen LogP contribution in [0, 0.1) is 0 Å². The van der Waals surface area contributed by atoms with Gasteiger partial charge < -0.3 is 19.3 Å². The second kappa shape index (κ2) is 8.33. The highest BCUT2D eigenvalue weighted by Crippen LogP contribution is 2.32. The summed E-state index contributed by atoms with van der Waals surface area (Å²) in [6.07, 6.45) is 1.54. The quantitative estimate of drug-likeness (QED) is 0.766. The normalized spacial score (nSPS) is 19.5. The number of amides is 1. The Morgan fingerprint density at radius 2 is 2.04 bits per heavy atom. The van der Waals surface area contributed by atoms with Crippen molar-refractivity contribution in [2.45, 2.75) is 51.4 Å². The van der Waals surface area contributed by atoms with Crippen LogP contribution in [-0.4, -0.2) is 53.5 Å². The van der Waals surface area contributed by atoms with Gasteiger partial charge in [0.15, 0.2) is 11.5 Å². The van der Waals surface area contributed by atoms with Crippen LogP contribution in [0.2, 0.25) is 0 Å². The Hall–Kier alpha value is -2.70. The van der Waals surface area contributed by atoms with Gasteiger partial charge in [-0.15, -0.1) is 6.58 Å². The van der Waals surface area contributed by atoms with E-state index in [1.54, 1.807) is 40.0 Å². The fraction of sp³-hybridized carbons (Fsp3) is 0.500. The molecular formula is C20H27NO6. The molecule has 0 bridgehead atoms. The number of carboxylic acids is 1. The van der Waals surface area contributed by atoms with Crippen molar-refractivity contribution in [3.63, 3.8) is 0 Å². The molecule has 2 atom stereocenters. The van der Waals surface area contributed by atoms with Crippen molar-refractivity contribution in [1.82, 2.24) is 4.90 Å². The summed E-state index contributed by atoms with van der Waals surface area (Å²) in [5, 5.41) is 9.47. The van der Waals surface area contributed by atoms with Crippen molar-refractivity contribution in [1.29, 1.82) is 0 Å². The number of carbonyl (C=O) groups excluding carboxylic acids is 1. The van der Waals surface area contributed by atoms with E-state index in [0.717, 1.165) is 5.56 Å². The first-order valence-corrected chi connectivity index (χ1v) is 8.81. The van der Waals surface area contributed by atoms with Crippen LogP contribution >= 0.6 is 0 Å². The Morgan fingerprint density at radius 1 is 1.33 bits per heavy atom. The SMILES string of the molecule is C=CCc1ccc(O[C@@H]2C[C@@H](C(=O)O)N(C(=O)OC(C)(C)C)C2)c(OC)c1. The largest absolute Gasteiger partial charge is 0.493 e. The van der Waals surface area contributed by atoms with Gasteiger partial charge in [0, 0.05) is 6.42 Å². The van der Waals surface area contributed by atoms with Crippen LogP contribution < -0.4 is 9.47 Å². The molecule has 2 rings (SSSR count). The maximum atomic E-state index is 12.4. The Balaban J connectivity index is 2.15. The fourth-order valence-corrected chi connectivity index (χ4v) is 2.92. The first-order valence-electron chi connectivity index (χ1n) is 8.81. The van der Waals surface area contributed by atoms with Crippen molar-refractivity contribution in [3.8, 4) is 11.5 Å². The molecule has 0 aliphatic carbocycles. The van der Waals surface area contributed by atoms with Crippen LogP contribution in [-0.2, 0) is 16.0 Å². The number of nitrogens with zero attached hydrogens (tertiary/aromatic N) is 1. The monoisotopic (exact) mass is 377 g/mol. The van der Waals surface area contributed by atoms with Crippen LogP contribution in [0.5, 0.6) is 11.5 Å². The average Bonchev–Trinajstić information content (AvgIpc) is 2.99. The third kappa shape index (κ3) is 5.39. The van der Waals surface area contributed by atoms with Gasteiger partial charge in [-0.1, -0.05) is 12.1 Å². The first-order chi connectivity index (χ1) is 12.6. The molecule has 1 heterocycles. The summed E-state index contributed by atoms with van der Waals surface area (Å²) in [6.45, 7) is 9.05. The van der Waals surface area contributed by atoms with Gasteiger partial charge in [-0.25, -0.2) is 9.59 Å². The molecule has 7 nitrogen and oxygen atoms in total. The first kappa shape index (κ1) is 20.6. The molecular weight excluding hydrogens is 350 g/mol. The Morgan fingerprint density at radius 3 is 2.59 bits per heavy atom. The van der Waals surface area contributed by atoms with Gasteiger partial charge in [0.05, 0.1) is 13.7 Å². The lowest BCUT2D eigenvalue weighted by molar-refractivity contribution is -0.142. The zero-order valence-corrected chi connectivity index (χ0v) is 16.2. The minimum atomic E-state index is -1.08. The number of hydrogen-bond acceptors (Lipinski definition) is 5. The van der Waals surface area contributed by atoms with E-state index in [2.05, 4.69) is 6.58 Å². The Labute approximate surface area is 159 Å². The van der Waals surface area contributed by atoms with E-state index in [-0.39, 0.29) is 13.0 Å². The number of methoxy groups -OCH3 is 1. The van der Waals surface area contributed by atoms with E-state index in [9.17, 15) is 14.7 Å². The van der Waals surface area contributed by atoms with Crippen LogP contribution in [0.25, 0.3) is 0 Å². The van der Waals surface area contributed by atoms with Gasteiger partial charge in [-0.3, -0.25) is 4.90 Å². The maximum absolute atomic E-state index is 12.4. The molecule has 0 aromatic heterocycles. The van der Waals surface area contributed by atoms with E-state index in [4.69, 9.17) is 14.2 Å². The number of benzene rings is 1. The van der Waals surface area contributed by atoms with E-state index >= 15 is 0 Å². The second-order valence-electron chi connectivity index (χ2n) is 7.44. The zero-order chi connectivity index (χ0) is 20.2. The smallest absolute Gasteiger partial charge is 0.411 e. The van der Waals surface area contributed by atoms with Crippen molar-refractivity contribution in [3.05, 3.63) is 36.4 Å². The van der Waals surface area contributed by atoms with E-state index in [1.165, 1.54) is 4.90 Å². The molecule has 1 fully saturated rings. The lowest BCUT2D eigenvalue weighted by Gasteiger charge is -2.26. The topological polar surface area (TPSA) is 85.3 Å². The number of carbonyl (C=O) groups is 2. The summed E-state index contributed by atoms with van der Waals surface area (Å²) < 4.78 is 16.7. The van der Waals surface area contributed by atoms with Crippen molar-refractivity contribution in [2.24, 2.45) is 0 Å². The molecule has 7 heteroatoms. The summed E-state index contributed by atoms with van der Waals surface area (Å²) in [4.78, 5) is 25.2. The van der Waals surface area contributed by atoms with Crippen LogP contribution in [0.1, 0.15) is 32.8 Å². The fourth-order valence-electron chi connectivity index (χ4n) is 2.92. The highest BCUT2D eigenvalue weighted by Gasteiger charge is 2.42. The van der Waals surface area contributed by atoms with E-state index in [1.807, 2.05) is 12.1 Å². The van der Waals surface area contributed by atoms with Gasteiger partial charge in [-0.2, -0.15) is 0 Å². The Kier molecular flexibility index (Phi) is 6.36. The van der Waals surface area contributed by atoms with Crippen LogP contribution in [0.3, 0.4) is 0 Å². The molecule has 1 saturated heterocycles. The second-order valence-corrected chi connectivity index (χ2v) is 7.44. The molecule has 1 aliphatic rings. The number of carboxylic acid groups (broad SMARTS) is 1. The molecule has 0 saturated carbocycles. The highest BCUT2D eigenvalue weighted by molar-refractivity contribution is 5.81. The predicted molar refractivity (Wildman–Crippen MR) is 100 cm³/mol. The summed E-state index contributed by atoms with van der Waals surface area (Å²) in [7, 11) is 1.54. The predicted octanol–water partition coefficient (Wildman–Crippen LogP) is 3.27. The molecule has 0 spiro atoms. The van der Waals surface area contributed by atoms with Crippen molar-refractivity contribution in [2.75, 3.05) is 13.7 Å². The minimum absolute atomic E-state index is 0.128. The average molecular weight is 377 g/mol. The molecule has 1 amide bonds. The Bertz CT molecular complexity index is 709. The molecule has 27 heavy (non-hydrogen) atoms. The molecule has 1 N–H and O–H groups in total. The van der Waals surface area contributed by atoms with Crippen molar-refractivity contribution >= 4 is 12.1 Å². The van der Waals surface area contributed by atoms with Gasteiger partial charge >= 0.3 is 12.1 Å². The number of aliphatic carboxylic acids is 1. The number of rotatable bonds is 6. The molecule has 0 radical (unpaired) electrons. The number of hydrogen-bond donors (Lipinski definition) is 1. The number of likely N-dealkylation sites (tertiary alicyclic amines) is 1. The standard InChI is InChI=1S/C20H27NO6/c1-6-7-13-8-9-16(17(10-13)25-5)26-14-11-15(18(22)23)21(12-14)19(24)27-20(2,3)4/h6,8-10,14-15H,1,7,11-12H2,2-5H3,(H,22,23)/t14-,15+/m1/s1. The zero-order valence-electron chi connectivity index (χ0n) is 16.2. The number of allylic oxidation sites excluding steroid dienone is 1. The minimum Gasteiger partial charge on any atom is -0.493 e. The van der Waals surface area contributed by atoms with E-state index < -0.39 is 29.8 Å². The van der Waals surface area contributed by atoms with E-state index in [0.29, 0.717) is 17.9 Å². The lowest BCUT2D eigenvalue weighted by Crippen LogP contribution is -2.43. The molecule has 1 aliphatic heterocycles. The van der Waals surface area contributed by atoms with Crippen LogP contribution in [0.15, 0.2) is 30.9 Å². The number of ether oxygens (including phenoxy) is 3. The summed E-state index contributed by atoms with van der Waals surface area (Å²) in [5.74, 6) is -0.0253. The van der Waals surface area contributed by atoms with Crippen LogP contribution in [0.4, 0.5) is 4.79 Å². The lowest BCUT2D eigenvalue weighted by atomic mass is 10.1. The van der Waals surface area contributed by atoms with Gasteiger partial charge in [0.2, 0.25) is 0 Å². The van der Waals surface area contributed by atoms with Gasteiger partial charge in [0.1, 0.15) is 17.7 Å². The molecule has 0 unspecified atom stereocenters. The maximum Gasteiger partial charge on any atom is 0.411 e. The van der Waals surface area contributed by atoms with Gasteiger partial charge in [0.25, 0.3) is 0 Å². The third-order valence-corrected chi connectivity index (χ3v) is 4.08. The summed E-state index contributed by atoms with van der Waals surface area (Å²) >= 11 is 0. The summed E-state index contributed by atoms with van der Waals surface area (Å²) in [5.41, 5.74) is 0.322. The molecule has 1 aromatic rings. The molecule has 148 valence electrons. The molecule has 1 aromatic carbocycles. The third-order valence-electron chi connectivity index (χ3n) is 4.08. The van der Waals surface area contributed by atoms with Crippen molar-refractivity contribution < 1.29 is 28.9 Å². The van der Waals surface area contributed by atoms with Gasteiger partial charge in [-0.05, 0) is 44.9 Å².